The molecule has 0 amide bonds. The SMILES string of the molecule is CCCCO[Si](CCCCCl)(CCCCCl)OCCCC. The first-order valence-electron chi connectivity index (χ1n) is 8.64. The Hall–Kier alpha value is 0.717. The quantitative estimate of drug-likeness (QED) is 0.189. The predicted octanol–water partition coefficient (Wildman–Crippen LogP) is 6.10. The van der Waals surface area contributed by atoms with Crippen molar-refractivity contribution in [2.24, 2.45) is 0 Å². The molecular formula is C16H34Cl2O2Si. The molecule has 0 unspecified atom stereocenters. The van der Waals surface area contributed by atoms with Gasteiger partial charge in [0, 0.05) is 25.0 Å². The first kappa shape index (κ1) is 21.7. The molecule has 0 rings (SSSR count). The molecule has 0 saturated heterocycles. The van der Waals surface area contributed by atoms with Crippen LogP contribution in [0.5, 0.6) is 0 Å². The highest BCUT2D eigenvalue weighted by Gasteiger charge is 2.36. The number of hydrogen-bond acceptors (Lipinski definition) is 2. The highest BCUT2D eigenvalue weighted by molar-refractivity contribution is 6.67. The van der Waals surface area contributed by atoms with Gasteiger partial charge in [0.05, 0.1) is 0 Å². The summed E-state index contributed by atoms with van der Waals surface area (Å²) in [6.07, 6.45) is 8.93. The molecule has 0 radical (unpaired) electrons. The Kier molecular flexibility index (Phi) is 16.1. The minimum absolute atomic E-state index is 0.732. The Bertz CT molecular complexity index is 173. The molecule has 0 aromatic heterocycles. The summed E-state index contributed by atoms with van der Waals surface area (Å²) in [5, 5.41) is 0. The van der Waals surface area contributed by atoms with Crippen molar-refractivity contribution in [1.29, 1.82) is 0 Å². The maximum atomic E-state index is 6.34. The molecule has 5 heteroatoms. The van der Waals surface area contributed by atoms with Crippen molar-refractivity contribution in [3.8, 4) is 0 Å². The largest absolute Gasteiger partial charge is 0.394 e. The number of unbranched alkanes of at least 4 members (excludes halogenated alkanes) is 4. The third kappa shape index (κ3) is 11.9. The van der Waals surface area contributed by atoms with E-state index in [-0.39, 0.29) is 0 Å². The van der Waals surface area contributed by atoms with Crippen molar-refractivity contribution in [1.82, 2.24) is 0 Å². The third-order valence-electron chi connectivity index (χ3n) is 3.61. The maximum absolute atomic E-state index is 6.34. The van der Waals surface area contributed by atoms with Crippen LogP contribution in [0.1, 0.15) is 65.2 Å². The van der Waals surface area contributed by atoms with Gasteiger partial charge in [-0.1, -0.05) is 39.5 Å². The average Bonchev–Trinajstić information content (AvgIpc) is 2.48. The van der Waals surface area contributed by atoms with Crippen LogP contribution in [0.3, 0.4) is 0 Å². The molecule has 0 aliphatic rings. The molecule has 0 spiro atoms. The van der Waals surface area contributed by atoms with Crippen LogP contribution in [0.2, 0.25) is 12.1 Å². The highest BCUT2D eigenvalue weighted by Crippen LogP contribution is 2.26. The van der Waals surface area contributed by atoms with Gasteiger partial charge < -0.3 is 8.85 Å². The first-order chi connectivity index (χ1) is 10.2. The van der Waals surface area contributed by atoms with Crippen molar-refractivity contribution in [2.75, 3.05) is 25.0 Å². The second-order valence-electron chi connectivity index (χ2n) is 5.61. The van der Waals surface area contributed by atoms with E-state index in [4.69, 9.17) is 32.1 Å². The standard InChI is InChI=1S/C16H34Cl2O2Si/c1-3-5-13-19-21(15-9-7-11-17,16-10-8-12-18)20-14-6-4-2/h3-16H2,1-2H3. The van der Waals surface area contributed by atoms with Gasteiger partial charge >= 0.3 is 8.56 Å². The lowest BCUT2D eigenvalue weighted by atomic mass is 10.4. The van der Waals surface area contributed by atoms with E-state index in [0.29, 0.717) is 0 Å². The molecule has 2 nitrogen and oxygen atoms in total. The summed E-state index contributed by atoms with van der Waals surface area (Å²) >= 11 is 11.7. The molecule has 0 bridgehead atoms. The van der Waals surface area contributed by atoms with Gasteiger partial charge in [0.1, 0.15) is 0 Å². The van der Waals surface area contributed by atoms with Crippen LogP contribution >= 0.6 is 23.2 Å². The predicted molar refractivity (Wildman–Crippen MR) is 97.0 cm³/mol. The summed E-state index contributed by atoms with van der Waals surface area (Å²) in [6.45, 7) is 6.09. The highest BCUT2D eigenvalue weighted by atomic mass is 35.5. The molecule has 0 atom stereocenters. The molecule has 0 aromatic carbocycles. The Morgan fingerprint density at radius 3 is 1.43 bits per heavy atom. The molecule has 128 valence electrons. The fraction of sp³-hybridized carbons (Fsp3) is 1.00. The number of halogens is 2. The summed E-state index contributed by atoms with van der Waals surface area (Å²) in [7, 11) is -2.06. The van der Waals surface area contributed by atoms with Gasteiger partial charge in [0.15, 0.2) is 0 Å². The smallest absolute Gasteiger partial charge is 0.338 e. The van der Waals surface area contributed by atoms with E-state index in [0.717, 1.165) is 75.6 Å². The van der Waals surface area contributed by atoms with Crippen molar-refractivity contribution in [3.63, 3.8) is 0 Å². The Morgan fingerprint density at radius 1 is 0.667 bits per heavy atom. The maximum Gasteiger partial charge on any atom is 0.338 e. The van der Waals surface area contributed by atoms with E-state index in [2.05, 4.69) is 13.8 Å². The van der Waals surface area contributed by atoms with Crippen LogP contribution in [0.4, 0.5) is 0 Å². The molecule has 0 N–H and O–H groups in total. The lowest BCUT2D eigenvalue weighted by molar-refractivity contribution is 0.161. The summed E-state index contributed by atoms with van der Waals surface area (Å²) in [5.41, 5.74) is 0. The van der Waals surface area contributed by atoms with E-state index < -0.39 is 8.56 Å². The van der Waals surface area contributed by atoms with Crippen LogP contribution < -0.4 is 0 Å². The second kappa shape index (κ2) is 15.6. The van der Waals surface area contributed by atoms with Gasteiger partial charge in [-0.25, -0.2) is 0 Å². The van der Waals surface area contributed by atoms with E-state index in [1.807, 2.05) is 0 Å². The fourth-order valence-electron chi connectivity index (χ4n) is 2.24. The Labute approximate surface area is 143 Å². The zero-order valence-electron chi connectivity index (χ0n) is 14.0. The van der Waals surface area contributed by atoms with E-state index in [9.17, 15) is 0 Å². The zero-order chi connectivity index (χ0) is 15.8. The molecule has 0 fully saturated rings. The van der Waals surface area contributed by atoms with Crippen LogP contribution in [0, 0.1) is 0 Å². The topological polar surface area (TPSA) is 18.5 Å². The van der Waals surface area contributed by atoms with Crippen LogP contribution in [0.15, 0.2) is 0 Å². The Morgan fingerprint density at radius 2 is 1.10 bits per heavy atom. The molecular weight excluding hydrogens is 323 g/mol. The lowest BCUT2D eigenvalue weighted by Gasteiger charge is -2.31. The van der Waals surface area contributed by atoms with Crippen molar-refractivity contribution >= 4 is 31.8 Å². The van der Waals surface area contributed by atoms with Crippen molar-refractivity contribution < 1.29 is 8.85 Å². The molecule has 0 heterocycles. The molecule has 0 aromatic rings. The number of rotatable bonds is 16. The summed E-state index contributed by atoms with van der Waals surface area (Å²) in [6, 6.07) is 2.16. The minimum Gasteiger partial charge on any atom is -0.394 e. The summed E-state index contributed by atoms with van der Waals surface area (Å²) in [5.74, 6) is 1.46. The number of alkyl halides is 2. The fourth-order valence-corrected chi connectivity index (χ4v) is 6.14. The van der Waals surface area contributed by atoms with Crippen LogP contribution in [-0.2, 0) is 8.85 Å². The van der Waals surface area contributed by atoms with Gasteiger partial charge in [-0.15, -0.1) is 23.2 Å². The van der Waals surface area contributed by atoms with Crippen LogP contribution in [-0.4, -0.2) is 33.5 Å². The van der Waals surface area contributed by atoms with Gasteiger partial charge in [-0.3, -0.25) is 0 Å². The zero-order valence-corrected chi connectivity index (χ0v) is 16.5. The van der Waals surface area contributed by atoms with Crippen molar-refractivity contribution in [3.05, 3.63) is 0 Å². The van der Waals surface area contributed by atoms with Gasteiger partial charge in [-0.05, 0) is 37.8 Å². The van der Waals surface area contributed by atoms with Gasteiger partial charge in [-0.2, -0.15) is 0 Å². The van der Waals surface area contributed by atoms with Crippen LogP contribution in [0.25, 0.3) is 0 Å². The molecule has 0 aliphatic carbocycles. The summed E-state index contributed by atoms with van der Waals surface area (Å²) in [4.78, 5) is 0. The third-order valence-corrected chi connectivity index (χ3v) is 7.83. The average molecular weight is 357 g/mol. The van der Waals surface area contributed by atoms with E-state index >= 15 is 0 Å². The van der Waals surface area contributed by atoms with E-state index in [1.165, 1.54) is 12.8 Å². The van der Waals surface area contributed by atoms with Gasteiger partial charge in [0.2, 0.25) is 0 Å². The first-order valence-corrected chi connectivity index (χ1v) is 11.9. The van der Waals surface area contributed by atoms with Gasteiger partial charge in [0.25, 0.3) is 0 Å². The second-order valence-corrected chi connectivity index (χ2v) is 9.76. The van der Waals surface area contributed by atoms with E-state index in [1.54, 1.807) is 0 Å². The molecule has 0 aliphatic heterocycles. The summed E-state index contributed by atoms with van der Waals surface area (Å²) < 4.78 is 12.7. The minimum atomic E-state index is -2.06. The monoisotopic (exact) mass is 356 g/mol. The Balaban J connectivity index is 4.52. The molecule has 0 saturated carbocycles. The van der Waals surface area contributed by atoms with Crippen molar-refractivity contribution in [2.45, 2.75) is 77.3 Å². The molecule has 21 heavy (non-hydrogen) atoms. The number of hydrogen-bond donors (Lipinski definition) is 0. The lowest BCUT2D eigenvalue weighted by Crippen LogP contribution is -2.42. The normalized spacial score (nSPS) is 12.0.